The molecule has 114 valence electrons. The Morgan fingerprint density at radius 1 is 0.583 bits per heavy atom. The van der Waals surface area contributed by atoms with Crippen molar-refractivity contribution in [3.8, 4) is 11.1 Å². The van der Waals surface area contributed by atoms with Gasteiger partial charge in [-0.05, 0) is 53.1 Å². The first-order chi connectivity index (χ1) is 11.8. The minimum Gasteiger partial charge on any atom is -0.354 e. The average molecular weight is 307 g/mol. The van der Waals surface area contributed by atoms with Crippen molar-refractivity contribution in [1.82, 2.24) is 4.98 Å². The van der Waals surface area contributed by atoms with Crippen LogP contribution in [0.2, 0.25) is 0 Å². The van der Waals surface area contributed by atoms with E-state index in [-0.39, 0.29) is 0 Å². The third-order valence-corrected chi connectivity index (χ3v) is 4.84. The predicted molar refractivity (Wildman–Crippen MR) is 103 cm³/mol. The van der Waals surface area contributed by atoms with Gasteiger partial charge in [0.1, 0.15) is 0 Å². The zero-order valence-electron chi connectivity index (χ0n) is 13.5. The summed E-state index contributed by atoms with van der Waals surface area (Å²) in [5, 5.41) is 5.15. The second-order valence-electron chi connectivity index (χ2n) is 6.50. The topological polar surface area (TPSA) is 15.8 Å². The van der Waals surface area contributed by atoms with E-state index < -0.39 is 0 Å². The van der Waals surface area contributed by atoms with E-state index in [9.17, 15) is 0 Å². The number of aromatic nitrogens is 1. The minimum absolute atomic E-state index is 1.20. The van der Waals surface area contributed by atoms with Gasteiger partial charge in [0.05, 0.1) is 0 Å². The van der Waals surface area contributed by atoms with Gasteiger partial charge in [0, 0.05) is 21.8 Å². The van der Waals surface area contributed by atoms with Crippen LogP contribution in [0.25, 0.3) is 43.7 Å². The molecule has 0 aliphatic rings. The van der Waals surface area contributed by atoms with Crippen LogP contribution in [0.15, 0.2) is 78.9 Å². The van der Waals surface area contributed by atoms with Gasteiger partial charge in [-0.2, -0.15) is 0 Å². The van der Waals surface area contributed by atoms with Crippen molar-refractivity contribution in [2.75, 3.05) is 0 Å². The van der Waals surface area contributed by atoms with Crippen LogP contribution in [0, 0.1) is 6.92 Å². The van der Waals surface area contributed by atoms with Gasteiger partial charge in [-0.25, -0.2) is 0 Å². The number of hydrogen-bond donors (Lipinski definition) is 1. The Bertz CT molecular complexity index is 1210. The molecule has 0 atom stereocenters. The Hall–Kier alpha value is -3.06. The van der Waals surface area contributed by atoms with E-state index >= 15 is 0 Å². The first-order valence-electron chi connectivity index (χ1n) is 8.29. The van der Waals surface area contributed by atoms with Crippen LogP contribution in [0.5, 0.6) is 0 Å². The fourth-order valence-electron chi connectivity index (χ4n) is 3.57. The summed E-state index contributed by atoms with van der Waals surface area (Å²) in [5.41, 5.74) is 6.19. The van der Waals surface area contributed by atoms with Crippen molar-refractivity contribution in [2.45, 2.75) is 6.92 Å². The van der Waals surface area contributed by atoms with E-state index in [0.29, 0.717) is 0 Å². The minimum atomic E-state index is 1.20. The molecule has 0 fully saturated rings. The van der Waals surface area contributed by atoms with Crippen molar-refractivity contribution in [3.05, 3.63) is 84.4 Å². The smallest absolute Gasteiger partial charge is 0.0471 e. The molecule has 0 spiro atoms. The van der Waals surface area contributed by atoms with E-state index in [1.165, 1.54) is 49.3 Å². The molecule has 0 saturated heterocycles. The molecule has 0 radical (unpaired) electrons. The zero-order chi connectivity index (χ0) is 16.1. The summed E-state index contributed by atoms with van der Waals surface area (Å²) in [6.45, 7) is 2.14. The molecule has 0 amide bonds. The number of hydrogen-bond acceptors (Lipinski definition) is 0. The second-order valence-corrected chi connectivity index (χ2v) is 6.50. The van der Waals surface area contributed by atoms with Crippen LogP contribution in [0.1, 0.15) is 5.56 Å². The molecule has 0 saturated carbocycles. The molecule has 24 heavy (non-hydrogen) atoms. The zero-order valence-corrected chi connectivity index (χ0v) is 13.5. The lowest BCUT2D eigenvalue weighted by Crippen LogP contribution is -1.79. The van der Waals surface area contributed by atoms with Gasteiger partial charge >= 0.3 is 0 Å². The van der Waals surface area contributed by atoms with Gasteiger partial charge in [-0.1, -0.05) is 60.2 Å². The normalized spacial score (nSPS) is 11.5. The van der Waals surface area contributed by atoms with Crippen molar-refractivity contribution < 1.29 is 0 Å². The molecule has 0 unspecified atom stereocenters. The van der Waals surface area contributed by atoms with E-state index in [1.807, 2.05) is 0 Å². The number of rotatable bonds is 1. The standard InChI is InChI=1S/C23H17N/c1-15-6-11-22-21(12-15)20-10-9-19(14-23(20)24-22)18-8-7-16-4-2-3-5-17(16)13-18/h2-14,24H,1H3. The molecular formula is C23H17N. The Labute approximate surface area is 140 Å². The maximum Gasteiger partial charge on any atom is 0.0471 e. The monoisotopic (exact) mass is 307 g/mol. The molecule has 0 aliphatic carbocycles. The Balaban J connectivity index is 1.72. The number of aromatic amines is 1. The van der Waals surface area contributed by atoms with Crippen LogP contribution < -0.4 is 0 Å². The fraction of sp³-hybridized carbons (Fsp3) is 0.0435. The fourth-order valence-corrected chi connectivity index (χ4v) is 3.57. The molecule has 1 heteroatoms. The molecule has 0 aliphatic heterocycles. The highest BCUT2D eigenvalue weighted by molar-refractivity contribution is 6.08. The molecule has 5 aromatic rings. The first-order valence-corrected chi connectivity index (χ1v) is 8.29. The van der Waals surface area contributed by atoms with Crippen LogP contribution in [0.4, 0.5) is 0 Å². The first kappa shape index (κ1) is 13.4. The average Bonchev–Trinajstić information content (AvgIpc) is 2.98. The van der Waals surface area contributed by atoms with Crippen LogP contribution in [-0.4, -0.2) is 4.98 Å². The Morgan fingerprint density at radius 3 is 2.29 bits per heavy atom. The lowest BCUT2D eigenvalue weighted by molar-refractivity contribution is 1.48. The molecular weight excluding hydrogens is 290 g/mol. The van der Waals surface area contributed by atoms with Crippen molar-refractivity contribution in [3.63, 3.8) is 0 Å². The van der Waals surface area contributed by atoms with Gasteiger partial charge in [0.15, 0.2) is 0 Å². The molecule has 1 heterocycles. The van der Waals surface area contributed by atoms with Crippen LogP contribution in [0.3, 0.4) is 0 Å². The second kappa shape index (κ2) is 4.97. The SMILES string of the molecule is Cc1ccc2[nH]c3cc(-c4ccc5ccccc5c4)ccc3c2c1. The highest BCUT2D eigenvalue weighted by Crippen LogP contribution is 2.31. The number of H-pyrrole nitrogens is 1. The lowest BCUT2D eigenvalue weighted by Gasteiger charge is -2.05. The van der Waals surface area contributed by atoms with Gasteiger partial charge < -0.3 is 4.98 Å². The summed E-state index contributed by atoms with van der Waals surface area (Å²) in [5.74, 6) is 0. The number of fused-ring (bicyclic) bond motifs is 4. The van der Waals surface area contributed by atoms with Gasteiger partial charge in [0.2, 0.25) is 0 Å². The molecule has 1 aromatic heterocycles. The summed E-state index contributed by atoms with van der Waals surface area (Å²) >= 11 is 0. The molecule has 5 rings (SSSR count). The predicted octanol–water partition coefficient (Wildman–Crippen LogP) is 6.45. The highest BCUT2D eigenvalue weighted by atomic mass is 14.7. The number of benzene rings is 4. The third kappa shape index (κ3) is 2.02. The van der Waals surface area contributed by atoms with E-state index in [2.05, 4.69) is 90.8 Å². The molecule has 4 aromatic carbocycles. The Kier molecular flexibility index (Phi) is 2.77. The van der Waals surface area contributed by atoms with Crippen molar-refractivity contribution in [1.29, 1.82) is 0 Å². The summed E-state index contributed by atoms with van der Waals surface area (Å²) in [7, 11) is 0. The van der Waals surface area contributed by atoms with Crippen LogP contribution >= 0.6 is 0 Å². The molecule has 1 nitrogen and oxygen atoms in total. The van der Waals surface area contributed by atoms with Crippen molar-refractivity contribution in [2.24, 2.45) is 0 Å². The number of aryl methyl sites for hydroxylation is 1. The quantitative estimate of drug-likeness (QED) is 0.366. The van der Waals surface area contributed by atoms with E-state index in [0.717, 1.165) is 0 Å². The summed E-state index contributed by atoms with van der Waals surface area (Å²) in [6, 6.07) is 28.5. The molecule has 0 bridgehead atoms. The van der Waals surface area contributed by atoms with Crippen LogP contribution in [-0.2, 0) is 0 Å². The van der Waals surface area contributed by atoms with E-state index in [4.69, 9.17) is 0 Å². The Morgan fingerprint density at radius 2 is 1.38 bits per heavy atom. The number of nitrogens with one attached hydrogen (secondary N) is 1. The van der Waals surface area contributed by atoms with E-state index in [1.54, 1.807) is 0 Å². The lowest BCUT2D eigenvalue weighted by atomic mass is 10.00. The highest BCUT2D eigenvalue weighted by Gasteiger charge is 2.07. The largest absolute Gasteiger partial charge is 0.354 e. The third-order valence-electron chi connectivity index (χ3n) is 4.84. The summed E-state index contributed by atoms with van der Waals surface area (Å²) < 4.78 is 0. The van der Waals surface area contributed by atoms with Gasteiger partial charge in [-0.15, -0.1) is 0 Å². The molecule has 1 N–H and O–H groups in total. The summed E-state index contributed by atoms with van der Waals surface area (Å²) in [4.78, 5) is 3.55. The maximum absolute atomic E-state index is 3.55. The maximum atomic E-state index is 3.55. The van der Waals surface area contributed by atoms with Gasteiger partial charge in [0.25, 0.3) is 0 Å². The summed E-state index contributed by atoms with van der Waals surface area (Å²) in [6.07, 6.45) is 0. The van der Waals surface area contributed by atoms with Gasteiger partial charge in [-0.3, -0.25) is 0 Å². The van der Waals surface area contributed by atoms with Crippen molar-refractivity contribution >= 4 is 32.6 Å².